The topological polar surface area (TPSA) is 141 Å². The third kappa shape index (κ3) is 5.43. The van der Waals surface area contributed by atoms with Crippen LogP contribution in [0.2, 0.25) is 0 Å². The van der Waals surface area contributed by atoms with Crippen LogP contribution in [-0.2, 0) is 14.3 Å². The number of anilines is 1. The van der Waals surface area contributed by atoms with Gasteiger partial charge in [-0.3, -0.25) is 14.4 Å². The molecule has 2 aromatic rings. The minimum Gasteiger partial charge on any atom is -0.459 e. The average molecular weight is 373 g/mol. The Bertz CT molecular complexity index is 829. The fraction of sp³-hybridized carbons (Fsp3) is 0.222. The van der Waals surface area contributed by atoms with Crippen LogP contribution in [0, 0.1) is 0 Å². The summed E-state index contributed by atoms with van der Waals surface area (Å²) < 4.78 is 9.98. The number of nitrogens with two attached hydrogens (primary N) is 1. The van der Waals surface area contributed by atoms with Crippen molar-refractivity contribution in [3.8, 4) is 0 Å². The number of rotatable bonds is 7. The van der Waals surface area contributed by atoms with Crippen LogP contribution >= 0.6 is 0 Å². The van der Waals surface area contributed by atoms with Gasteiger partial charge in [-0.15, -0.1) is 0 Å². The van der Waals surface area contributed by atoms with Crippen LogP contribution in [0.25, 0.3) is 0 Å². The highest BCUT2D eigenvalue weighted by Crippen LogP contribution is 2.10. The number of esters is 1. The smallest absolute Gasteiger partial charge is 0.329 e. The van der Waals surface area contributed by atoms with E-state index in [1.54, 1.807) is 6.07 Å². The fourth-order valence-corrected chi connectivity index (χ4v) is 2.03. The maximum atomic E-state index is 12.1. The van der Waals surface area contributed by atoms with Gasteiger partial charge in [-0.25, -0.2) is 4.79 Å². The number of hydrogen-bond donors (Lipinski definition) is 3. The number of hydrogen-bond acceptors (Lipinski definition) is 6. The van der Waals surface area contributed by atoms with Gasteiger partial charge in [-0.1, -0.05) is 0 Å². The minimum absolute atomic E-state index is 0.0554. The number of carbonyl (C=O) groups excluding carboxylic acids is 4. The number of carbonyl (C=O) groups is 4. The lowest BCUT2D eigenvalue weighted by atomic mass is 10.2. The van der Waals surface area contributed by atoms with Crippen molar-refractivity contribution < 1.29 is 28.3 Å². The molecule has 0 unspecified atom stereocenters. The number of amides is 3. The van der Waals surface area contributed by atoms with Crippen molar-refractivity contribution in [1.82, 2.24) is 5.32 Å². The predicted molar refractivity (Wildman–Crippen MR) is 94.8 cm³/mol. The molecule has 9 heteroatoms. The Balaban J connectivity index is 1.86. The highest BCUT2D eigenvalue weighted by molar-refractivity contribution is 5.98. The van der Waals surface area contributed by atoms with Crippen LogP contribution in [0.5, 0.6) is 0 Å². The first kappa shape index (κ1) is 19.7. The summed E-state index contributed by atoms with van der Waals surface area (Å²) in [5, 5.41) is 4.95. The zero-order valence-corrected chi connectivity index (χ0v) is 14.7. The van der Waals surface area contributed by atoms with E-state index in [4.69, 9.17) is 14.9 Å². The van der Waals surface area contributed by atoms with E-state index in [9.17, 15) is 19.2 Å². The van der Waals surface area contributed by atoms with E-state index >= 15 is 0 Å². The van der Waals surface area contributed by atoms with Gasteiger partial charge in [0.1, 0.15) is 6.04 Å². The van der Waals surface area contributed by atoms with Crippen molar-refractivity contribution >= 4 is 29.4 Å². The van der Waals surface area contributed by atoms with Gasteiger partial charge < -0.3 is 25.5 Å². The molecule has 0 radical (unpaired) electrons. The number of furan rings is 1. The molecule has 2 atom stereocenters. The van der Waals surface area contributed by atoms with Crippen LogP contribution in [0.15, 0.2) is 47.1 Å². The highest BCUT2D eigenvalue weighted by Gasteiger charge is 2.24. The molecular formula is C18H19N3O6. The molecule has 0 aliphatic rings. The number of benzene rings is 1. The third-order valence-electron chi connectivity index (χ3n) is 3.55. The van der Waals surface area contributed by atoms with E-state index in [0.29, 0.717) is 11.3 Å². The van der Waals surface area contributed by atoms with Gasteiger partial charge in [0.15, 0.2) is 11.9 Å². The molecule has 142 valence electrons. The molecule has 0 bridgehead atoms. The Morgan fingerprint density at radius 1 is 1.07 bits per heavy atom. The van der Waals surface area contributed by atoms with Gasteiger partial charge >= 0.3 is 5.97 Å². The van der Waals surface area contributed by atoms with Gasteiger partial charge in [0.2, 0.25) is 5.91 Å². The monoisotopic (exact) mass is 373 g/mol. The SMILES string of the molecule is C[C@H](NC(=O)c1ccco1)C(=O)O[C@H](C)C(=O)Nc1ccc(C(N)=O)cc1. The quantitative estimate of drug-likeness (QED) is 0.620. The first-order valence-corrected chi connectivity index (χ1v) is 8.03. The molecule has 1 heterocycles. The standard InChI is InChI=1S/C18H19N3O6/c1-10(20-17(24)14-4-3-9-26-14)18(25)27-11(2)16(23)21-13-7-5-12(6-8-13)15(19)22/h3-11H,1-2H3,(H2,19,22)(H,20,24)(H,21,23)/t10-,11+/m0/s1. The normalized spacial score (nSPS) is 12.5. The summed E-state index contributed by atoms with van der Waals surface area (Å²) in [6, 6.07) is 7.93. The molecule has 3 amide bonds. The summed E-state index contributed by atoms with van der Waals surface area (Å²) in [5.41, 5.74) is 5.85. The lowest BCUT2D eigenvalue weighted by molar-refractivity contribution is -0.154. The Kier molecular flexibility index (Phi) is 6.32. The van der Waals surface area contributed by atoms with Crippen molar-refractivity contribution in [2.45, 2.75) is 26.0 Å². The van der Waals surface area contributed by atoms with E-state index in [-0.39, 0.29) is 5.76 Å². The third-order valence-corrected chi connectivity index (χ3v) is 3.55. The van der Waals surface area contributed by atoms with E-state index < -0.39 is 35.8 Å². The van der Waals surface area contributed by atoms with Crippen LogP contribution in [0.1, 0.15) is 34.8 Å². The van der Waals surface area contributed by atoms with Gasteiger partial charge in [0, 0.05) is 11.3 Å². The Labute approximate surface area is 154 Å². The second-order valence-corrected chi connectivity index (χ2v) is 5.68. The lowest BCUT2D eigenvalue weighted by Crippen LogP contribution is -2.42. The fourth-order valence-electron chi connectivity index (χ4n) is 2.03. The van der Waals surface area contributed by atoms with Gasteiger partial charge in [-0.2, -0.15) is 0 Å². The van der Waals surface area contributed by atoms with E-state index in [1.165, 1.54) is 50.4 Å². The summed E-state index contributed by atoms with van der Waals surface area (Å²) >= 11 is 0. The minimum atomic E-state index is -1.10. The van der Waals surface area contributed by atoms with Crippen molar-refractivity contribution in [2.24, 2.45) is 5.73 Å². The van der Waals surface area contributed by atoms with Crippen LogP contribution in [0.3, 0.4) is 0 Å². The second kappa shape index (κ2) is 8.65. The largest absolute Gasteiger partial charge is 0.459 e. The van der Waals surface area contributed by atoms with Crippen LogP contribution in [0.4, 0.5) is 5.69 Å². The Morgan fingerprint density at radius 3 is 2.30 bits per heavy atom. The zero-order chi connectivity index (χ0) is 20.0. The first-order chi connectivity index (χ1) is 12.8. The van der Waals surface area contributed by atoms with Gasteiger partial charge in [0.25, 0.3) is 11.8 Å². The lowest BCUT2D eigenvalue weighted by Gasteiger charge is -2.17. The molecule has 0 aliphatic carbocycles. The summed E-state index contributed by atoms with van der Waals surface area (Å²) in [6.07, 6.45) is 0.233. The van der Waals surface area contributed by atoms with E-state index in [0.717, 1.165) is 0 Å². The maximum absolute atomic E-state index is 12.1. The molecule has 0 fully saturated rings. The highest BCUT2D eigenvalue weighted by atomic mass is 16.5. The van der Waals surface area contributed by atoms with Crippen LogP contribution in [-0.4, -0.2) is 35.8 Å². The van der Waals surface area contributed by atoms with E-state index in [2.05, 4.69) is 10.6 Å². The number of primary amides is 1. The molecule has 0 saturated heterocycles. The predicted octanol–water partition coefficient (Wildman–Crippen LogP) is 1.07. The summed E-state index contributed by atoms with van der Waals surface area (Å²) in [7, 11) is 0. The second-order valence-electron chi connectivity index (χ2n) is 5.68. The first-order valence-electron chi connectivity index (χ1n) is 8.03. The number of ether oxygens (including phenoxy) is 1. The number of nitrogens with one attached hydrogen (secondary N) is 2. The van der Waals surface area contributed by atoms with Gasteiger partial charge in [-0.05, 0) is 50.2 Å². The molecule has 0 aliphatic heterocycles. The molecule has 0 saturated carbocycles. The Morgan fingerprint density at radius 2 is 1.74 bits per heavy atom. The maximum Gasteiger partial charge on any atom is 0.329 e. The molecule has 27 heavy (non-hydrogen) atoms. The summed E-state index contributed by atoms with van der Waals surface area (Å²) in [5.74, 6) is -2.45. The summed E-state index contributed by atoms with van der Waals surface area (Å²) in [4.78, 5) is 47.0. The zero-order valence-electron chi connectivity index (χ0n) is 14.7. The van der Waals surface area contributed by atoms with Crippen molar-refractivity contribution in [1.29, 1.82) is 0 Å². The Hall–Kier alpha value is -3.62. The molecular weight excluding hydrogens is 354 g/mol. The molecule has 9 nitrogen and oxygen atoms in total. The summed E-state index contributed by atoms with van der Waals surface area (Å²) in [6.45, 7) is 2.82. The molecule has 1 aromatic heterocycles. The van der Waals surface area contributed by atoms with Gasteiger partial charge in [0.05, 0.1) is 6.26 Å². The average Bonchev–Trinajstić information content (AvgIpc) is 3.16. The van der Waals surface area contributed by atoms with Crippen LogP contribution < -0.4 is 16.4 Å². The molecule has 4 N–H and O–H groups in total. The molecule has 1 aromatic carbocycles. The van der Waals surface area contributed by atoms with Crippen molar-refractivity contribution in [3.63, 3.8) is 0 Å². The van der Waals surface area contributed by atoms with Crippen molar-refractivity contribution in [2.75, 3.05) is 5.32 Å². The van der Waals surface area contributed by atoms with E-state index in [1.807, 2.05) is 0 Å². The molecule has 2 rings (SSSR count). The molecule has 0 spiro atoms. The van der Waals surface area contributed by atoms with Crippen molar-refractivity contribution in [3.05, 3.63) is 54.0 Å².